The Morgan fingerprint density at radius 1 is 1.13 bits per heavy atom. The molecule has 39 heavy (non-hydrogen) atoms. The number of amides is 3. The summed E-state index contributed by atoms with van der Waals surface area (Å²) in [6, 6.07) is -0.572. The van der Waals surface area contributed by atoms with E-state index in [1.165, 1.54) is 11.8 Å². The van der Waals surface area contributed by atoms with E-state index < -0.39 is 38.6 Å². The molecule has 0 spiro atoms. The van der Waals surface area contributed by atoms with Gasteiger partial charge in [-0.1, -0.05) is 0 Å². The molecule has 3 amide bonds. The highest BCUT2D eigenvalue weighted by Gasteiger charge is 2.46. The highest BCUT2D eigenvalue weighted by Crippen LogP contribution is 2.40. The fourth-order valence-electron chi connectivity index (χ4n) is 6.59. The average Bonchev–Trinajstić information content (AvgIpc) is 3.58. The molecule has 4 N–H and O–H groups in total. The maximum atomic E-state index is 13.3. The first-order valence-corrected chi connectivity index (χ1v) is 17.0. The molecule has 7 atom stereocenters. The Balaban J connectivity index is 1.12. The number of nitrogens with zero attached hydrogens (tertiary/aromatic N) is 2. The monoisotopic (exact) mass is 604 g/mol. The van der Waals surface area contributed by atoms with Crippen LogP contribution in [0.2, 0.25) is 0 Å². The van der Waals surface area contributed by atoms with Gasteiger partial charge in [-0.15, -0.1) is 23.4 Å². The van der Waals surface area contributed by atoms with Crippen molar-refractivity contribution in [1.29, 1.82) is 0 Å². The molecular formula is C25H41ClN6O5S2. The predicted octanol–water partition coefficient (Wildman–Crippen LogP) is 0.967. The summed E-state index contributed by atoms with van der Waals surface area (Å²) in [6.07, 6.45) is 6.60. The second kappa shape index (κ2) is 12.4. The molecule has 0 aromatic carbocycles. The number of likely N-dealkylation sites (tertiary alicyclic amines) is 1. The highest BCUT2D eigenvalue weighted by molar-refractivity contribution is 8.00. The van der Waals surface area contributed by atoms with Crippen molar-refractivity contribution in [3.63, 3.8) is 0 Å². The predicted molar refractivity (Wildman–Crippen MR) is 152 cm³/mol. The lowest BCUT2D eigenvalue weighted by Crippen LogP contribution is -2.53. The zero-order valence-electron chi connectivity index (χ0n) is 22.6. The number of sulfone groups is 1. The minimum atomic E-state index is -3.18. The molecule has 3 heterocycles. The lowest BCUT2D eigenvalue weighted by Gasteiger charge is -2.36. The summed E-state index contributed by atoms with van der Waals surface area (Å²) < 4.78 is 32.2. The van der Waals surface area contributed by atoms with Gasteiger partial charge >= 0.3 is 6.03 Å². The van der Waals surface area contributed by atoms with Gasteiger partial charge < -0.3 is 15.0 Å². The Bertz CT molecular complexity index is 1050. The molecule has 1 saturated carbocycles. The van der Waals surface area contributed by atoms with Crippen molar-refractivity contribution >= 4 is 45.1 Å². The van der Waals surface area contributed by atoms with E-state index in [2.05, 4.69) is 31.3 Å². The average molecular weight is 605 g/mol. The SMILES string of the molecule is COC1=CC(Cl)C(C(=O)NC(=O)NC2NC3CCC(S(=O)(=O)C4CCN(C)CC4)CC3S2)CC1N1CCCN1. The van der Waals surface area contributed by atoms with E-state index in [0.717, 1.165) is 44.8 Å². The van der Waals surface area contributed by atoms with E-state index in [4.69, 9.17) is 16.3 Å². The van der Waals surface area contributed by atoms with Gasteiger partial charge in [-0.2, -0.15) is 0 Å². The number of allylic oxidation sites excluding steroid dienone is 1. The molecule has 0 aromatic heterocycles. The van der Waals surface area contributed by atoms with Crippen LogP contribution < -0.4 is 21.4 Å². The van der Waals surface area contributed by atoms with Crippen LogP contribution in [-0.4, -0.2) is 109 Å². The van der Waals surface area contributed by atoms with Gasteiger partial charge in [-0.05, 0) is 71.2 Å². The molecule has 0 bridgehead atoms. The van der Waals surface area contributed by atoms with E-state index in [1.54, 1.807) is 13.2 Å². The quantitative estimate of drug-likeness (QED) is 0.325. The summed E-state index contributed by atoms with van der Waals surface area (Å²) in [5, 5.41) is 9.74. The number of nitrogens with one attached hydrogen (secondary N) is 4. The zero-order chi connectivity index (χ0) is 27.7. The molecular weight excluding hydrogens is 564 g/mol. The maximum Gasteiger partial charge on any atom is 0.323 e. The zero-order valence-corrected chi connectivity index (χ0v) is 25.0. The van der Waals surface area contributed by atoms with E-state index in [-0.39, 0.29) is 27.8 Å². The highest BCUT2D eigenvalue weighted by atomic mass is 35.5. The number of thioether (sulfide) groups is 1. The number of hydrazine groups is 1. The largest absolute Gasteiger partial charge is 0.500 e. The van der Waals surface area contributed by atoms with Crippen LogP contribution in [0.3, 0.4) is 0 Å². The van der Waals surface area contributed by atoms with Crippen molar-refractivity contribution < 1.29 is 22.7 Å². The number of urea groups is 1. The Hall–Kier alpha value is -1.09. The Morgan fingerprint density at radius 2 is 1.90 bits per heavy atom. The fraction of sp³-hybridized carbons (Fsp3) is 0.840. The Kier molecular flexibility index (Phi) is 9.36. The lowest BCUT2D eigenvalue weighted by atomic mass is 9.88. The number of hydrogen-bond acceptors (Lipinski definition) is 10. The third-order valence-electron chi connectivity index (χ3n) is 8.87. The normalized spacial score (nSPS) is 36.7. The molecule has 5 aliphatic rings. The van der Waals surface area contributed by atoms with Gasteiger partial charge in [0.05, 0.1) is 34.9 Å². The number of halogens is 1. The number of hydrogen-bond donors (Lipinski definition) is 4. The van der Waals surface area contributed by atoms with Gasteiger partial charge in [0, 0.05) is 24.4 Å². The molecule has 0 aromatic rings. The molecule has 3 saturated heterocycles. The number of methoxy groups -OCH3 is 1. The van der Waals surface area contributed by atoms with Crippen LogP contribution in [0.15, 0.2) is 11.8 Å². The van der Waals surface area contributed by atoms with Gasteiger partial charge in [0.25, 0.3) is 0 Å². The van der Waals surface area contributed by atoms with E-state index >= 15 is 0 Å². The van der Waals surface area contributed by atoms with Crippen LogP contribution >= 0.6 is 23.4 Å². The standard InChI is InChI=1S/C25H41ClN6O5S2/c1-31-10-6-15(7-11-31)39(35,36)16-4-5-19-22(12-16)38-25(28-19)30-24(34)29-23(33)17-13-20(32-9-3-8-27-32)21(37-2)14-18(17)26/h14-20,22,25,27-28H,3-13H2,1-2H3,(H2,29,30,33,34). The molecule has 7 unspecified atom stereocenters. The number of carbonyl (C=O) groups excluding carboxylic acids is 2. The summed E-state index contributed by atoms with van der Waals surface area (Å²) in [5.74, 6) is -0.281. The van der Waals surface area contributed by atoms with Gasteiger partial charge in [0.15, 0.2) is 9.84 Å². The number of carbonyl (C=O) groups is 2. The first-order chi connectivity index (χ1) is 18.7. The number of piperidine rings is 1. The van der Waals surface area contributed by atoms with E-state index in [9.17, 15) is 18.0 Å². The molecule has 2 aliphatic carbocycles. The van der Waals surface area contributed by atoms with Crippen molar-refractivity contribution in [1.82, 2.24) is 31.3 Å². The summed E-state index contributed by atoms with van der Waals surface area (Å²) in [4.78, 5) is 28.0. The second-order valence-corrected chi connectivity index (χ2v) is 15.7. The minimum absolute atomic E-state index is 0.0997. The van der Waals surface area contributed by atoms with Crippen molar-refractivity contribution in [2.24, 2.45) is 5.92 Å². The number of fused-ring (bicyclic) bond motifs is 1. The van der Waals surface area contributed by atoms with Crippen molar-refractivity contribution in [2.75, 3.05) is 40.3 Å². The van der Waals surface area contributed by atoms with Crippen molar-refractivity contribution in [3.8, 4) is 0 Å². The van der Waals surface area contributed by atoms with Gasteiger partial charge in [-0.25, -0.2) is 18.2 Å². The smallest absolute Gasteiger partial charge is 0.323 e. The van der Waals surface area contributed by atoms with Gasteiger partial charge in [0.1, 0.15) is 11.3 Å². The van der Waals surface area contributed by atoms with Crippen molar-refractivity contribution in [3.05, 3.63) is 11.8 Å². The Morgan fingerprint density at radius 3 is 2.59 bits per heavy atom. The number of ether oxygens (including phenoxy) is 1. The second-order valence-electron chi connectivity index (χ2n) is 11.3. The van der Waals surface area contributed by atoms with Crippen LogP contribution in [0, 0.1) is 5.92 Å². The maximum absolute atomic E-state index is 13.3. The van der Waals surface area contributed by atoms with Crippen LogP contribution in [0.1, 0.15) is 44.9 Å². The number of imide groups is 1. The van der Waals surface area contributed by atoms with Crippen LogP contribution in [0.25, 0.3) is 0 Å². The van der Waals surface area contributed by atoms with E-state index in [1.807, 2.05) is 7.05 Å². The molecule has 11 nitrogen and oxygen atoms in total. The van der Waals surface area contributed by atoms with Gasteiger partial charge in [0.2, 0.25) is 5.91 Å². The molecule has 3 aliphatic heterocycles. The van der Waals surface area contributed by atoms with Gasteiger partial charge in [-0.3, -0.25) is 20.9 Å². The molecule has 0 radical (unpaired) electrons. The Labute approximate surface area is 240 Å². The van der Waals surface area contributed by atoms with E-state index in [0.29, 0.717) is 32.1 Å². The summed E-state index contributed by atoms with van der Waals surface area (Å²) in [7, 11) is 0.449. The van der Waals surface area contributed by atoms with Crippen LogP contribution in [-0.2, 0) is 19.4 Å². The first kappa shape index (κ1) is 29.4. The summed E-state index contributed by atoms with van der Waals surface area (Å²) in [5.41, 5.74) is 2.93. The third-order valence-corrected chi connectivity index (χ3v) is 13.5. The van der Waals surface area contributed by atoms with Crippen LogP contribution in [0.5, 0.6) is 0 Å². The molecule has 4 fully saturated rings. The first-order valence-electron chi connectivity index (χ1n) is 14.0. The summed E-state index contributed by atoms with van der Waals surface area (Å²) in [6.45, 7) is 3.36. The van der Waals surface area contributed by atoms with Crippen LogP contribution in [0.4, 0.5) is 4.79 Å². The molecule has 220 valence electrons. The minimum Gasteiger partial charge on any atom is -0.500 e. The third kappa shape index (κ3) is 6.54. The molecule has 5 rings (SSSR count). The topological polar surface area (TPSA) is 132 Å². The number of alkyl halides is 1. The van der Waals surface area contributed by atoms with Crippen molar-refractivity contribution in [2.45, 2.75) is 83.7 Å². The number of rotatable bonds is 6. The summed E-state index contributed by atoms with van der Waals surface area (Å²) >= 11 is 8.06. The lowest BCUT2D eigenvalue weighted by molar-refractivity contribution is -0.124. The fourth-order valence-corrected chi connectivity index (χ4v) is 10.9. The molecule has 14 heteroatoms.